The molecular formula is C14H10BrFN2OS. The lowest BCUT2D eigenvalue weighted by Gasteiger charge is -2.07. The first-order valence-corrected chi connectivity index (χ1v) is 6.84. The van der Waals surface area contributed by atoms with Gasteiger partial charge in [-0.25, -0.2) is 4.39 Å². The summed E-state index contributed by atoms with van der Waals surface area (Å²) in [5.74, 6) is -0.761. The third kappa shape index (κ3) is 3.40. The molecule has 2 aromatic rings. The number of nitrogens with two attached hydrogens (primary N) is 1. The highest BCUT2D eigenvalue weighted by molar-refractivity contribution is 9.10. The molecule has 0 heterocycles. The van der Waals surface area contributed by atoms with Gasteiger partial charge in [0.1, 0.15) is 10.8 Å². The SMILES string of the molecule is NC(=S)c1cccc(NC(=O)c2ccc(F)c(Br)c2)c1. The van der Waals surface area contributed by atoms with E-state index in [1.807, 2.05) is 0 Å². The van der Waals surface area contributed by atoms with E-state index in [0.717, 1.165) is 0 Å². The maximum absolute atomic E-state index is 13.1. The zero-order valence-electron chi connectivity index (χ0n) is 10.2. The molecule has 1 amide bonds. The number of amides is 1. The first-order chi connectivity index (χ1) is 9.47. The number of benzene rings is 2. The van der Waals surface area contributed by atoms with Crippen molar-refractivity contribution in [2.45, 2.75) is 0 Å². The molecule has 2 rings (SSSR count). The van der Waals surface area contributed by atoms with Crippen LogP contribution in [0, 0.1) is 5.82 Å². The van der Waals surface area contributed by atoms with Crippen LogP contribution in [0.4, 0.5) is 10.1 Å². The number of carbonyl (C=O) groups is 1. The molecule has 0 atom stereocenters. The Morgan fingerprint density at radius 1 is 1.20 bits per heavy atom. The number of hydrogen-bond donors (Lipinski definition) is 2. The fourth-order valence-corrected chi connectivity index (χ4v) is 2.10. The number of anilines is 1. The molecule has 0 fully saturated rings. The molecule has 0 aliphatic carbocycles. The minimum Gasteiger partial charge on any atom is -0.389 e. The lowest BCUT2D eigenvalue weighted by Crippen LogP contribution is -2.14. The maximum atomic E-state index is 13.1. The van der Waals surface area contributed by atoms with Gasteiger partial charge >= 0.3 is 0 Å². The second-order valence-corrected chi connectivity index (χ2v) is 5.32. The lowest BCUT2D eigenvalue weighted by molar-refractivity contribution is 0.102. The molecule has 0 aliphatic heterocycles. The van der Waals surface area contributed by atoms with Crippen LogP contribution in [0.1, 0.15) is 15.9 Å². The van der Waals surface area contributed by atoms with E-state index in [4.69, 9.17) is 18.0 Å². The van der Waals surface area contributed by atoms with Gasteiger partial charge in [0.05, 0.1) is 4.47 Å². The Labute approximate surface area is 129 Å². The van der Waals surface area contributed by atoms with Crippen LogP contribution in [0.3, 0.4) is 0 Å². The molecule has 0 bridgehead atoms. The van der Waals surface area contributed by atoms with Crippen LogP contribution < -0.4 is 11.1 Å². The van der Waals surface area contributed by atoms with Crippen molar-refractivity contribution in [3.05, 3.63) is 63.9 Å². The van der Waals surface area contributed by atoms with Crippen LogP contribution in [-0.4, -0.2) is 10.9 Å². The predicted molar refractivity (Wildman–Crippen MR) is 84.4 cm³/mol. The third-order valence-corrected chi connectivity index (χ3v) is 3.43. The molecule has 0 saturated carbocycles. The van der Waals surface area contributed by atoms with Gasteiger partial charge in [-0.1, -0.05) is 24.4 Å². The maximum Gasteiger partial charge on any atom is 0.255 e. The van der Waals surface area contributed by atoms with Crippen LogP contribution in [0.5, 0.6) is 0 Å². The predicted octanol–water partition coefficient (Wildman–Crippen LogP) is 3.47. The zero-order chi connectivity index (χ0) is 14.7. The fourth-order valence-electron chi connectivity index (χ4n) is 1.59. The van der Waals surface area contributed by atoms with E-state index < -0.39 is 5.82 Å². The number of thiocarbonyl (C=S) groups is 1. The highest BCUT2D eigenvalue weighted by Gasteiger charge is 2.09. The molecule has 102 valence electrons. The fraction of sp³-hybridized carbons (Fsp3) is 0. The van der Waals surface area contributed by atoms with E-state index in [9.17, 15) is 9.18 Å². The second kappa shape index (κ2) is 6.11. The van der Waals surface area contributed by atoms with Gasteiger partial charge in [-0.05, 0) is 46.3 Å². The number of carbonyl (C=O) groups excluding carboxylic acids is 1. The summed E-state index contributed by atoms with van der Waals surface area (Å²) >= 11 is 7.92. The van der Waals surface area contributed by atoms with E-state index >= 15 is 0 Å². The van der Waals surface area contributed by atoms with Crippen LogP contribution in [-0.2, 0) is 0 Å². The summed E-state index contributed by atoms with van der Waals surface area (Å²) in [5.41, 5.74) is 7.11. The summed E-state index contributed by atoms with van der Waals surface area (Å²) in [6, 6.07) is 11.0. The summed E-state index contributed by atoms with van der Waals surface area (Å²) < 4.78 is 13.4. The van der Waals surface area contributed by atoms with E-state index in [0.29, 0.717) is 16.8 Å². The Hall–Kier alpha value is -1.79. The molecule has 0 saturated heterocycles. The molecule has 0 unspecified atom stereocenters. The Bertz CT molecular complexity index is 691. The minimum absolute atomic E-state index is 0.238. The molecule has 0 spiro atoms. The molecule has 0 radical (unpaired) electrons. The van der Waals surface area contributed by atoms with Gasteiger partial charge in [0.2, 0.25) is 0 Å². The van der Waals surface area contributed by atoms with Crippen LogP contribution >= 0.6 is 28.1 Å². The first-order valence-electron chi connectivity index (χ1n) is 5.63. The van der Waals surface area contributed by atoms with Gasteiger partial charge in [-0.2, -0.15) is 0 Å². The number of nitrogens with one attached hydrogen (secondary N) is 1. The van der Waals surface area contributed by atoms with E-state index in [1.54, 1.807) is 24.3 Å². The summed E-state index contributed by atoms with van der Waals surface area (Å²) in [5, 5.41) is 2.70. The normalized spacial score (nSPS) is 10.1. The standard InChI is InChI=1S/C14H10BrFN2OS/c15-11-7-9(4-5-12(11)16)14(19)18-10-3-1-2-8(6-10)13(17)20/h1-7H,(H2,17,20)(H,18,19). The number of rotatable bonds is 3. The monoisotopic (exact) mass is 352 g/mol. The number of halogens is 2. The number of hydrogen-bond acceptors (Lipinski definition) is 2. The Balaban J connectivity index is 2.21. The van der Waals surface area contributed by atoms with Gasteiger partial charge in [0, 0.05) is 16.8 Å². The molecule has 3 nitrogen and oxygen atoms in total. The van der Waals surface area contributed by atoms with Gasteiger partial charge in [0.25, 0.3) is 5.91 Å². The average molecular weight is 353 g/mol. The summed E-state index contributed by atoms with van der Waals surface area (Å²) in [6.45, 7) is 0. The van der Waals surface area contributed by atoms with Crippen molar-refractivity contribution in [1.82, 2.24) is 0 Å². The summed E-state index contributed by atoms with van der Waals surface area (Å²) in [7, 11) is 0. The topological polar surface area (TPSA) is 55.1 Å². The van der Waals surface area contributed by atoms with Crippen LogP contribution in [0.15, 0.2) is 46.9 Å². The third-order valence-electron chi connectivity index (χ3n) is 2.59. The highest BCUT2D eigenvalue weighted by Crippen LogP contribution is 2.18. The largest absolute Gasteiger partial charge is 0.389 e. The van der Waals surface area contributed by atoms with Gasteiger partial charge in [0.15, 0.2) is 0 Å². The summed E-state index contributed by atoms with van der Waals surface area (Å²) in [4.78, 5) is 12.3. The van der Waals surface area contributed by atoms with Gasteiger partial charge in [-0.3, -0.25) is 4.79 Å². The van der Waals surface area contributed by atoms with Gasteiger partial charge in [-0.15, -0.1) is 0 Å². The Kier molecular flexibility index (Phi) is 4.46. The Morgan fingerprint density at radius 3 is 2.60 bits per heavy atom. The van der Waals surface area contributed by atoms with Crippen molar-refractivity contribution < 1.29 is 9.18 Å². The molecule has 2 aromatic carbocycles. The van der Waals surface area contributed by atoms with Crippen LogP contribution in [0.25, 0.3) is 0 Å². The van der Waals surface area contributed by atoms with Crippen molar-refractivity contribution in [3.8, 4) is 0 Å². The molecular weight excluding hydrogens is 343 g/mol. The second-order valence-electron chi connectivity index (χ2n) is 4.03. The summed E-state index contributed by atoms with van der Waals surface area (Å²) in [6.07, 6.45) is 0. The van der Waals surface area contributed by atoms with Crippen molar-refractivity contribution >= 4 is 44.7 Å². The first kappa shape index (κ1) is 14.6. The molecule has 20 heavy (non-hydrogen) atoms. The smallest absolute Gasteiger partial charge is 0.255 e. The molecule has 3 N–H and O–H groups in total. The van der Waals surface area contributed by atoms with E-state index in [1.165, 1.54) is 18.2 Å². The van der Waals surface area contributed by atoms with Crippen molar-refractivity contribution in [2.75, 3.05) is 5.32 Å². The molecule has 0 aliphatic rings. The average Bonchev–Trinajstić information content (AvgIpc) is 2.42. The quantitative estimate of drug-likeness (QED) is 0.831. The highest BCUT2D eigenvalue weighted by atomic mass is 79.9. The zero-order valence-corrected chi connectivity index (χ0v) is 12.6. The molecule has 6 heteroatoms. The van der Waals surface area contributed by atoms with Crippen molar-refractivity contribution in [3.63, 3.8) is 0 Å². The van der Waals surface area contributed by atoms with Crippen LogP contribution in [0.2, 0.25) is 0 Å². The molecule has 0 aromatic heterocycles. The Morgan fingerprint density at radius 2 is 1.95 bits per heavy atom. The van der Waals surface area contributed by atoms with Gasteiger partial charge < -0.3 is 11.1 Å². The van der Waals surface area contributed by atoms with Crippen molar-refractivity contribution in [2.24, 2.45) is 5.73 Å². The lowest BCUT2D eigenvalue weighted by atomic mass is 10.1. The van der Waals surface area contributed by atoms with E-state index in [-0.39, 0.29) is 15.4 Å². The minimum atomic E-state index is -0.419. The van der Waals surface area contributed by atoms with Crippen molar-refractivity contribution in [1.29, 1.82) is 0 Å². The van der Waals surface area contributed by atoms with E-state index in [2.05, 4.69) is 21.2 Å².